The summed E-state index contributed by atoms with van der Waals surface area (Å²) in [6.07, 6.45) is 6.32. The van der Waals surface area contributed by atoms with Gasteiger partial charge in [-0.2, -0.15) is 0 Å². The van der Waals surface area contributed by atoms with Gasteiger partial charge in [0.2, 0.25) is 0 Å². The first kappa shape index (κ1) is 15.0. The van der Waals surface area contributed by atoms with Crippen molar-refractivity contribution in [2.45, 2.75) is 84.2 Å². The van der Waals surface area contributed by atoms with Crippen molar-refractivity contribution in [2.24, 2.45) is 0 Å². The highest BCUT2D eigenvalue weighted by Gasteiger charge is 2.30. The van der Waals surface area contributed by atoms with Crippen LogP contribution in [0.1, 0.15) is 87.2 Å². The van der Waals surface area contributed by atoms with Gasteiger partial charge in [0.15, 0.2) is 0 Å². The molecule has 3 heteroatoms. The van der Waals surface area contributed by atoms with Crippen LogP contribution >= 0.6 is 11.3 Å². The highest BCUT2D eigenvalue weighted by atomic mass is 32.1. The predicted molar refractivity (Wildman–Crippen MR) is 84.0 cm³/mol. The van der Waals surface area contributed by atoms with E-state index in [0.717, 1.165) is 12.5 Å². The molecule has 2 nitrogen and oxygen atoms in total. The minimum atomic E-state index is 0.603. The number of rotatable bonds is 8. The van der Waals surface area contributed by atoms with Crippen LogP contribution < -0.4 is 5.32 Å². The molecule has 1 fully saturated rings. The van der Waals surface area contributed by atoms with E-state index in [1.165, 1.54) is 47.7 Å². The van der Waals surface area contributed by atoms with Gasteiger partial charge in [-0.1, -0.05) is 20.8 Å². The molecule has 1 aromatic heterocycles. The number of hydrogen-bond donors (Lipinski definition) is 1. The highest BCUT2D eigenvalue weighted by molar-refractivity contribution is 7.11. The molecule has 0 amide bonds. The van der Waals surface area contributed by atoms with E-state index < -0.39 is 0 Å². The first-order valence-electron chi connectivity index (χ1n) is 7.92. The third-order valence-electron chi connectivity index (χ3n) is 4.27. The molecule has 0 aliphatic heterocycles. The Morgan fingerprint density at radius 3 is 2.42 bits per heavy atom. The second-order valence-corrected chi connectivity index (χ2v) is 6.95. The molecule has 0 spiro atoms. The van der Waals surface area contributed by atoms with Gasteiger partial charge in [0.25, 0.3) is 0 Å². The van der Waals surface area contributed by atoms with Crippen LogP contribution in [0.3, 0.4) is 0 Å². The average Bonchev–Trinajstić information content (AvgIpc) is 3.19. The molecule has 1 aliphatic carbocycles. The van der Waals surface area contributed by atoms with Crippen LogP contribution in [0.2, 0.25) is 0 Å². The van der Waals surface area contributed by atoms with Gasteiger partial charge < -0.3 is 5.32 Å². The molecule has 19 heavy (non-hydrogen) atoms. The van der Waals surface area contributed by atoms with Gasteiger partial charge >= 0.3 is 0 Å². The minimum absolute atomic E-state index is 0.603. The van der Waals surface area contributed by atoms with Crippen LogP contribution in [0.4, 0.5) is 0 Å². The minimum Gasteiger partial charge on any atom is -0.309 e. The van der Waals surface area contributed by atoms with Gasteiger partial charge in [-0.3, -0.25) is 0 Å². The van der Waals surface area contributed by atoms with Gasteiger partial charge in [-0.25, -0.2) is 4.98 Å². The maximum atomic E-state index is 5.00. The summed E-state index contributed by atoms with van der Waals surface area (Å²) in [6.45, 7) is 10.1. The molecule has 1 unspecified atom stereocenters. The van der Waals surface area contributed by atoms with Crippen LogP contribution in [0.5, 0.6) is 0 Å². The second kappa shape index (κ2) is 6.85. The first-order valence-corrected chi connectivity index (χ1v) is 8.74. The Balaban J connectivity index is 2.11. The number of hydrogen-bond acceptors (Lipinski definition) is 3. The van der Waals surface area contributed by atoms with E-state index >= 15 is 0 Å². The summed E-state index contributed by atoms with van der Waals surface area (Å²) in [6, 6.07) is 0.603. The van der Waals surface area contributed by atoms with E-state index in [1.54, 1.807) is 0 Å². The number of thiazole rings is 1. The molecule has 1 heterocycles. The molecule has 2 rings (SSSR count). The Kier molecular flexibility index (Phi) is 5.40. The summed E-state index contributed by atoms with van der Waals surface area (Å²) >= 11 is 1.96. The lowest BCUT2D eigenvalue weighted by molar-refractivity contribution is 0.535. The Labute approximate surface area is 122 Å². The molecule has 0 saturated heterocycles. The van der Waals surface area contributed by atoms with Gasteiger partial charge in [0.1, 0.15) is 0 Å². The van der Waals surface area contributed by atoms with Crippen molar-refractivity contribution in [3.63, 3.8) is 0 Å². The molecular formula is C16H28N2S. The maximum Gasteiger partial charge on any atom is 0.0962 e. The molecular weight excluding hydrogens is 252 g/mol. The van der Waals surface area contributed by atoms with Gasteiger partial charge in [-0.15, -0.1) is 11.3 Å². The molecule has 0 bridgehead atoms. The monoisotopic (exact) mass is 280 g/mol. The fraction of sp³-hybridized carbons (Fsp3) is 0.812. The van der Waals surface area contributed by atoms with Crippen LogP contribution in [-0.2, 0) is 6.54 Å². The molecule has 0 aromatic carbocycles. The average molecular weight is 280 g/mol. The van der Waals surface area contributed by atoms with Crippen LogP contribution in [0.15, 0.2) is 0 Å². The Bertz CT molecular complexity index is 391. The lowest BCUT2D eigenvalue weighted by Gasteiger charge is -2.10. The summed E-state index contributed by atoms with van der Waals surface area (Å²) < 4.78 is 0. The van der Waals surface area contributed by atoms with Crippen molar-refractivity contribution < 1.29 is 0 Å². The summed E-state index contributed by atoms with van der Waals surface area (Å²) in [5.74, 6) is 1.44. The number of nitrogens with one attached hydrogen (secondary N) is 1. The van der Waals surface area contributed by atoms with Crippen LogP contribution in [-0.4, -0.2) is 11.0 Å². The predicted octanol–water partition coefficient (Wildman–Crippen LogP) is 4.81. The summed E-state index contributed by atoms with van der Waals surface area (Å²) in [7, 11) is 0. The Hall–Kier alpha value is -0.410. The third kappa shape index (κ3) is 3.79. The molecule has 1 atom stereocenters. The largest absolute Gasteiger partial charge is 0.309 e. The summed E-state index contributed by atoms with van der Waals surface area (Å²) in [5, 5.41) is 5.01. The normalized spacial score (nSPS) is 17.1. The van der Waals surface area contributed by atoms with Crippen molar-refractivity contribution >= 4 is 11.3 Å². The van der Waals surface area contributed by atoms with E-state index in [9.17, 15) is 0 Å². The lowest BCUT2D eigenvalue weighted by Crippen LogP contribution is -2.24. The zero-order chi connectivity index (χ0) is 13.8. The van der Waals surface area contributed by atoms with Crippen LogP contribution in [0, 0.1) is 0 Å². The standard InChI is InChI=1S/C16H28N2S/c1-5-11(4)17-10-14-15(13-8-9-13)18-16(19-14)12(6-2)7-3/h11-13,17H,5-10H2,1-4H3. The Morgan fingerprint density at radius 2 is 1.89 bits per heavy atom. The molecule has 0 radical (unpaired) electrons. The maximum absolute atomic E-state index is 5.00. The van der Waals surface area contributed by atoms with Gasteiger partial charge in [0.05, 0.1) is 10.7 Å². The first-order chi connectivity index (χ1) is 9.19. The zero-order valence-electron chi connectivity index (χ0n) is 12.8. The third-order valence-corrected chi connectivity index (χ3v) is 5.50. The summed E-state index contributed by atoms with van der Waals surface area (Å²) in [5.41, 5.74) is 1.42. The smallest absolute Gasteiger partial charge is 0.0962 e. The fourth-order valence-corrected chi connectivity index (χ4v) is 3.78. The van der Waals surface area contributed by atoms with E-state index in [0.29, 0.717) is 12.0 Å². The van der Waals surface area contributed by atoms with Crippen molar-refractivity contribution in [1.29, 1.82) is 0 Å². The van der Waals surface area contributed by atoms with Crippen molar-refractivity contribution in [3.8, 4) is 0 Å². The van der Waals surface area contributed by atoms with Crippen molar-refractivity contribution in [2.75, 3.05) is 0 Å². The number of aromatic nitrogens is 1. The fourth-order valence-electron chi connectivity index (χ4n) is 2.41. The van der Waals surface area contributed by atoms with Gasteiger partial charge in [-0.05, 0) is 39.0 Å². The lowest BCUT2D eigenvalue weighted by atomic mass is 10.1. The van der Waals surface area contributed by atoms with E-state index in [-0.39, 0.29) is 0 Å². The van der Waals surface area contributed by atoms with E-state index in [2.05, 4.69) is 33.0 Å². The van der Waals surface area contributed by atoms with Gasteiger partial charge in [0, 0.05) is 29.3 Å². The molecule has 1 aromatic rings. The molecule has 108 valence electrons. The topological polar surface area (TPSA) is 24.9 Å². The number of nitrogens with zero attached hydrogens (tertiary/aromatic N) is 1. The highest BCUT2D eigenvalue weighted by Crippen LogP contribution is 2.44. The van der Waals surface area contributed by atoms with Crippen molar-refractivity contribution in [3.05, 3.63) is 15.6 Å². The SMILES string of the molecule is CCC(C)NCc1sc(C(CC)CC)nc1C1CC1. The van der Waals surface area contributed by atoms with Crippen molar-refractivity contribution in [1.82, 2.24) is 10.3 Å². The van der Waals surface area contributed by atoms with E-state index in [4.69, 9.17) is 4.98 Å². The quantitative estimate of drug-likeness (QED) is 0.739. The molecule has 1 aliphatic rings. The Morgan fingerprint density at radius 1 is 1.21 bits per heavy atom. The summed E-state index contributed by atoms with van der Waals surface area (Å²) in [4.78, 5) is 6.50. The zero-order valence-corrected chi connectivity index (χ0v) is 13.6. The van der Waals surface area contributed by atoms with Crippen LogP contribution in [0.25, 0.3) is 0 Å². The van der Waals surface area contributed by atoms with E-state index in [1.807, 2.05) is 11.3 Å². The molecule has 1 saturated carbocycles. The second-order valence-electron chi connectivity index (χ2n) is 5.84. The molecule has 1 N–H and O–H groups in total.